The van der Waals surface area contributed by atoms with E-state index in [9.17, 15) is 4.79 Å². The van der Waals surface area contributed by atoms with Gasteiger partial charge in [-0.15, -0.1) is 0 Å². The quantitative estimate of drug-likeness (QED) is 0.700. The maximum atomic E-state index is 12.3. The van der Waals surface area contributed by atoms with E-state index >= 15 is 0 Å². The zero-order valence-electron chi connectivity index (χ0n) is 15.9. The van der Waals surface area contributed by atoms with E-state index in [1.807, 2.05) is 63.4 Å². The lowest BCUT2D eigenvalue weighted by Crippen LogP contribution is -2.25. The first-order valence-corrected chi connectivity index (χ1v) is 8.90. The summed E-state index contributed by atoms with van der Waals surface area (Å²) >= 11 is 0. The summed E-state index contributed by atoms with van der Waals surface area (Å²) in [6, 6.07) is 13.7. The zero-order chi connectivity index (χ0) is 19.2. The average molecular weight is 364 g/mol. The van der Waals surface area contributed by atoms with Gasteiger partial charge in [-0.3, -0.25) is 9.48 Å². The molecule has 27 heavy (non-hydrogen) atoms. The lowest BCUT2D eigenvalue weighted by molar-refractivity contribution is -0.120. The Hall–Kier alpha value is -3.15. The lowest BCUT2D eigenvalue weighted by Gasteiger charge is -2.09. The first-order chi connectivity index (χ1) is 13.0. The van der Waals surface area contributed by atoms with Gasteiger partial charge in [0.25, 0.3) is 0 Å². The van der Waals surface area contributed by atoms with Gasteiger partial charge in [0.1, 0.15) is 6.61 Å². The number of hydrogen-bond donors (Lipinski definition) is 1. The summed E-state index contributed by atoms with van der Waals surface area (Å²) in [7, 11) is 1.89. The van der Waals surface area contributed by atoms with Gasteiger partial charge >= 0.3 is 0 Å². The van der Waals surface area contributed by atoms with Crippen LogP contribution in [0.15, 0.2) is 48.7 Å². The third-order valence-corrected chi connectivity index (χ3v) is 4.51. The molecule has 0 aliphatic heterocycles. The molecule has 6 heteroatoms. The fourth-order valence-corrected chi connectivity index (χ4v) is 2.87. The molecule has 6 nitrogen and oxygen atoms in total. The van der Waals surface area contributed by atoms with Gasteiger partial charge in [0.2, 0.25) is 11.8 Å². The van der Waals surface area contributed by atoms with Crippen molar-refractivity contribution in [2.24, 2.45) is 7.05 Å². The second-order valence-corrected chi connectivity index (χ2v) is 6.50. The summed E-state index contributed by atoms with van der Waals surface area (Å²) in [4.78, 5) is 16.5. The summed E-state index contributed by atoms with van der Waals surface area (Å²) in [6.07, 6.45) is 2.02. The average Bonchev–Trinajstić information content (AvgIpc) is 2.92. The molecule has 1 N–H and O–H groups in total. The van der Waals surface area contributed by atoms with Crippen LogP contribution in [-0.4, -0.2) is 20.7 Å². The molecule has 0 atom stereocenters. The largest absolute Gasteiger partial charge is 0.473 e. The zero-order valence-corrected chi connectivity index (χ0v) is 15.9. The fourth-order valence-electron chi connectivity index (χ4n) is 2.87. The number of nitrogens with one attached hydrogen (secondary N) is 1. The maximum absolute atomic E-state index is 12.3. The van der Waals surface area contributed by atoms with Crippen LogP contribution in [0.5, 0.6) is 5.88 Å². The predicted molar refractivity (Wildman–Crippen MR) is 103 cm³/mol. The molecule has 140 valence electrons. The highest BCUT2D eigenvalue weighted by atomic mass is 16.5. The van der Waals surface area contributed by atoms with Crippen molar-refractivity contribution in [3.8, 4) is 5.88 Å². The topological polar surface area (TPSA) is 69.0 Å². The second kappa shape index (κ2) is 8.49. The van der Waals surface area contributed by atoms with Gasteiger partial charge in [0, 0.05) is 37.1 Å². The number of amides is 1. The van der Waals surface area contributed by atoms with Crippen LogP contribution in [0.2, 0.25) is 0 Å². The Bertz CT molecular complexity index is 919. The molecule has 3 aromatic rings. The van der Waals surface area contributed by atoms with Crippen molar-refractivity contribution in [3.63, 3.8) is 0 Å². The third-order valence-electron chi connectivity index (χ3n) is 4.51. The summed E-state index contributed by atoms with van der Waals surface area (Å²) < 4.78 is 7.54. The normalized spacial score (nSPS) is 10.6. The number of carbonyl (C=O) groups is 1. The van der Waals surface area contributed by atoms with Crippen molar-refractivity contribution in [1.29, 1.82) is 0 Å². The molecule has 0 saturated heterocycles. The van der Waals surface area contributed by atoms with Gasteiger partial charge in [0.05, 0.1) is 12.1 Å². The van der Waals surface area contributed by atoms with Gasteiger partial charge in [-0.25, -0.2) is 4.98 Å². The molecule has 0 aliphatic carbocycles. The summed E-state index contributed by atoms with van der Waals surface area (Å²) in [5.74, 6) is 0.516. The van der Waals surface area contributed by atoms with Crippen LogP contribution in [0.1, 0.15) is 28.1 Å². The Morgan fingerprint density at radius 2 is 1.93 bits per heavy atom. The number of aryl methyl sites for hydroxylation is 2. The number of hydrogen-bond acceptors (Lipinski definition) is 4. The number of benzene rings is 1. The van der Waals surface area contributed by atoms with Gasteiger partial charge < -0.3 is 10.1 Å². The molecule has 0 saturated carbocycles. The van der Waals surface area contributed by atoms with Crippen molar-refractivity contribution in [3.05, 3.63) is 76.7 Å². The highest BCUT2D eigenvalue weighted by molar-refractivity contribution is 5.79. The van der Waals surface area contributed by atoms with Crippen molar-refractivity contribution in [2.75, 3.05) is 0 Å². The molecule has 2 aromatic heterocycles. The van der Waals surface area contributed by atoms with Crippen LogP contribution in [0, 0.1) is 13.8 Å². The van der Waals surface area contributed by atoms with Crippen molar-refractivity contribution < 1.29 is 9.53 Å². The van der Waals surface area contributed by atoms with E-state index in [0.717, 1.165) is 28.1 Å². The Labute approximate surface area is 159 Å². The van der Waals surface area contributed by atoms with E-state index in [4.69, 9.17) is 4.74 Å². The van der Waals surface area contributed by atoms with E-state index in [2.05, 4.69) is 15.4 Å². The van der Waals surface area contributed by atoms with Crippen LogP contribution in [0.25, 0.3) is 0 Å². The van der Waals surface area contributed by atoms with Gasteiger partial charge in [-0.2, -0.15) is 5.10 Å². The number of pyridine rings is 1. The minimum Gasteiger partial charge on any atom is -0.473 e. The molecule has 2 heterocycles. The Kier molecular flexibility index (Phi) is 5.86. The highest BCUT2D eigenvalue weighted by Crippen LogP contribution is 2.14. The molecule has 0 spiro atoms. The monoisotopic (exact) mass is 364 g/mol. The van der Waals surface area contributed by atoms with Crippen molar-refractivity contribution in [1.82, 2.24) is 20.1 Å². The fraction of sp³-hybridized carbons (Fsp3) is 0.286. The number of nitrogens with zero attached hydrogens (tertiary/aromatic N) is 3. The minimum absolute atomic E-state index is 0.0298. The van der Waals surface area contributed by atoms with E-state index < -0.39 is 0 Å². The number of carbonyl (C=O) groups excluding carboxylic acids is 1. The molecular formula is C21H24N4O2. The second-order valence-electron chi connectivity index (χ2n) is 6.50. The first-order valence-electron chi connectivity index (χ1n) is 8.90. The first kappa shape index (κ1) is 18.6. The molecule has 0 aliphatic rings. The minimum atomic E-state index is -0.0298. The summed E-state index contributed by atoms with van der Waals surface area (Å²) in [5, 5.41) is 7.30. The van der Waals surface area contributed by atoms with E-state index in [-0.39, 0.29) is 5.91 Å². The standard InChI is InChI=1S/C21H24N4O2/c1-15-19(16(2)25(3)24-15)12-20(26)23-13-18-9-10-22-21(11-18)27-14-17-7-5-4-6-8-17/h4-11H,12-14H2,1-3H3,(H,23,26). The predicted octanol–water partition coefficient (Wildman–Crippen LogP) is 2.87. The number of aromatic nitrogens is 3. The number of rotatable bonds is 7. The van der Waals surface area contributed by atoms with Crippen molar-refractivity contribution >= 4 is 5.91 Å². The van der Waals surface area contributed by atoms with Crippen LogP contribution >= 0.6 is 0 Å². The SMILES string of the molecule is Cc1nn(C)c(C)c1CC(=O)NCc1ccnc(OCc2ccccc2)c1. The lowest BCUT2D eigenvalue weighted by atomic mass is 10.1. The van der Waals surface area contributed by atoms with Gasteiger partial charge in [-0.05, 0) is 31.0 Å². The highest BCUT2D eigenvalue weighted by Gasteiger charge is 2.13. The molecule has 0 unspecified atom stereocenters. The van der Waals surface area contributed by atoms with Crippen LogP contribution in [0.3, 0.4) is 0 Å². The van der Waals surface area contributed by atoms with E-state index in [1.54, 1.807) is 10.9 Å². The summed E-state index contributed by atoms with van der Waals surface area (Å²) in [5.41, 5.74) is 4.92. The Morgan fingerprint density at radius 1 is 1.15 bits per heavy atom. The van der Waals surface area contributed by atoms with Crippen LogP contribution in [-0.2, 0) is 31.4 Å². The van der Waals surface area contributed by atoms with Crippen LogP contribution < -0.4 is 10.1 Å². The third kappa shape index (κ3) is 4.94. The molecule has 1 aromatic carbocycles. The molecule has 0 radical (unpaired) electrons. The van der Waals surface area contributed by atoms with E-state index in [1.165, 1.54) is 0 Å². The van der Waals surface area contributed by atoms with Gasteiger partial charge in [0.15, 0.2) is 0 Å². The van der Waals surface area contributed by atoms with E-state index in [0.29, 0.717) is 25.5 Å². The van der Waals surface area contributed by atoms with Crippen LogP contribution in [0.4, 0.5) is 0 Å². The molecular weight excluding hydrogens is 340 g/mol. The smallest absolute Gasteiger partial charge is 0.224 e. The molecule has 0 fully saturated rings. The Morgan fingerprint density at radius 3 is 2.63 bits per heavy atom. The molecule has 3 rings (SSSR count). The maximum Gasteiger partial charge on any atom is 0.224 e. The Balaban J connectivity index is 1.54. The van der Waals surface area contributed by atoms with Gasteiger partial charge in [-0.1, -0.05) is 30.3 Å². The summed E-state index contributed by atoms with van der Waals surface area (Å²) in [6.45, 7) is 4.79. The van der Waals surface area contributed by atoms with Crippen molar-refractivity contribution in [2.45, 2.75) is 33.4 Å². The molecule has 1 amide bonds. The molecule has 0 bridgehead atoms. The number of ether oxygens (including phenoxy) is 1.